The fraction of sp³-hybridized carbons (Fsp3) is 0.917. The molecular weight excluding hydrogens is 218 g/mol. The lowest BCUT2D eigenvalue weighted by molar-refractivity contribution is -0.123. The lowest BCUT2D eigenvalue weighted by Crippen LogP contribution is -2.45. The van der Waals surface area contributed by atoms with Crippen LogP contribution in [0.4, 0.5) is 0 Å². The summed E-state index contributed by atoms with van der Waals surface area (Å²) >= 11 is 0. The van der Waals surface area contributed by atoms with Crippen LogP contribution in [0.5, 0.6) is 0 Å². The Morgan fingerprint density at radius 3 is 2.71 bits per heavy atom. The highest BCUT2D eigenvalue weighted by molar-refractivity contribution is 5.81. The number of likely N-dealkylation sites (tertiary alicyclic amines) is 1. The van der Waals surface area contributed by atoms with Crippen LogP contribution < -0.4 is 11.1 Å². The minimum absolute atomic E-state index is 0.125. The van der Waals surface area contributed by atoms with Gasteiger partial charge in [0.1, 0.15) is 6.04 Å². The van der Waals surface area contributed by atoms with Gasteiger partial charge in [-0.1, -0.05) is 6.92 Å². The zero-order valence-electron chi connectivity index (χ0n) is 10.9. The van der Waals surface area contributed by atoms with Gasteiger partial charge >= 0.3 is 0 Å². The second-order valence-corrected chi connectivity index (χ2v) is 4.92. The summed E-state index contributed by atoms with van der Waals surface area (Å²) in [6.45, 7) is 6.56. The molecule has 1 fully saturated rings. The average Bonchev–Trinajstić information content (AvgIpc) is 2.79. The number of nitrogens with zero attached hydrogens (tertiary/aromatic N) is 1. The second kappa shape index (κ2) is 7.63. The molecule has 0 spiro atoms. The van der Waals surface area contributed by atoms with Crippen LogP contribution in [-0.2, 0) is 9.53 Å². The van der Waals surface area contributed by atoms with Crippen LogP contribution in [0.3, 0.4) is 0 Å². The van der Waals surface area contributed by atoms with E-state index in [1.54, 1.807) is 7.11 Å². The van der Waals surface area contributed by atoms with Crippen LogP contribution in [-0.4, -0.2) is 56.7 Å². The van der Waals surface area contributed by atoms with Crippen LogP contribution in [0.2, 0.25) is 0 Å². The molecule has 0 aromatic carbocycles. The number of nitrogens with two attached hydrogens (primary N) is 1. The molecule has 1 aliphatic heterocycles. The van der Waals surface area contributed by atoms with E-state index in [0.29, 0.717) is 12.5 Å². The highest BCUT2D eigenvalue weighted by atomic mass is 16.5. The van der Waals surface area contributed by atoms with Crippen LogP contribution in [0.15, 0.2) is 0 Å². The summed E-state index contributed by atoms with van der Waals surface area (Å²) in [5.74, 6) is 0.340. The van der Waals surface area contributed by atoms with Crippen LogP contribution in [0.1, 0.15) is 19.8 Å². The molecule has 0 bridgehead atoms. The molecular formula is C12H25N3O2. The SMILES string of the molecule is COCC(N)C(=O)NCC(C)CN1CCCC1. The van der Waals surface area contributed by atoms with Crippen molar-refractivity contribution in [2.75, 3.05) is 39.9 Å². The van der Waals surface area contributed by atoms with Gasteiger partial charge < -0.3 is 20.7 Å². The first-order chi connectivity index (χ1) is 8.13. The highest BCUT2D eigenvalue weighted by Gasteiger charge is 2.17. The molecule has 0 radical (unpaired) electrons. The summed E-state index contributed by atoms with van der Waals surface area (Å²) in [5.41, 5.74) is 5.63. The number of carbonyl (C=O) groups is 1. The van der Waals surface area contributed by atoms with Crippen molar-refractivity contribution in [2.45, 2.75) is 25.8 Å². The van der Waals surface area contributed by atoms with Gasteiger partial charge in [0.15, 0.2) is 0 Å². The first kappa shape index (κ1) is 14.4. The Labute approximate surface area is 104 Å². The van der Waals surface area contributed by atoms with Crippen molar-refractivity contribution in [2.24, 2.45) is 11.7 Å². The predicted octanol–water partition coefficient (Wildman–Crippen LogP) is -0.192. The first-order valence-electron chi connectivity index (χ1n) is 6.38. The van der Waals surface area contributed by atoms with Gasteiger partial charge in [-0.15, -0.1) is 0 Å². The Morgan fingerprint density at radius 2 is 2.12 bits per heavy atom. The molecule has 0 aromatic heterocycles. The van der Waals surface area contributed by atoms with E-state index in [1.165, 1.54) is 25.9 Å². The summed E-state index contributed by atoms with van der Waals surface area (Å²) < 4.78 is 4.85. The fourth-order valence-corrected chi connectivity index (χ4v) is 2.13. The van der Waals surface area contributed by atoms with Crippen molar-refractivity contribution >= 4 is 5.91 Å². The van der Waals surface area contributed by atoms with E-state index in [-0.39, 0.29) is 12.5 Å². The third-order valence-electron chi connectivity index (χ3n) is 3.08. The fourth-order valence-electron chi connectivity index (χ4n) is 2.13. The average molecular weight is 243 g/mol. The Morgan fingerprint density at radius 1 is 1.47 bits per heavy atom. The zero-order valence-corrected chi connectivity index (χ0v) is 10.9. The number of methoxy groups -OCH3 is 1. The Hall–Kier alpha value is -0.650. The van der Waals surface area contributed by atoms with Gasteiger partial charge in [-0.25, -0.2) is 0 Å². The molecule has 2 atom stereocenters. The van der Waals surface area contributed by atoms with Crippen molar-refractivity contribution in [3.05, 3.63) is 0 Å². The van der Waals surface area contributed by atoms with E-state index in [4.69, 9.17) is 10.5 Å². The molecule has 2 unspecified atom stereocenters. The zero-order chi connectivity index (χ0) is 12.7. The monoisotopic (exact) mass is 243 g/mol. The number of amides is 1. The molecule has 1 rings (SSSR count). The van der Waals surface area contributed by atoms with Crippen molar-refractivity contribution < 1.29 is 9.53 Å². The van der Waals surface area contributed by atoms with E-state index in [1.807, 2.05) is 0 Å². The molecule has 1 aliphatic rings. The maximum atomic E-state index is 11.5. The third-order valence-corrected chi connectivity index (χ3v) is 3.08. The number of nitrogens with one attached hydrogen (secondary N) is 1. The maximum absolute atomic E-state index is 11.5. The topological polar surface area (TPSA) is 67.6 Å². The second-order valence-electron chi connectivity index (χ2n) is 4.92. The van der Waals surface area contributed by atoms with Gasteiger partial charge in [0.25, 0.3) is 0 Å². The van der Waals surface area contributed by atoms with Crippen molar-refractivity contribution in [3.63, 3.8) is 0 Å². The van der Waals surface area contributed by atoms with E-state index in [0.717, 1.165) is 6.54 Å². The molecule has 100 valence electrons. The van der Waals surface area contributed by atoms with Gasteiger partial charge in [0.05, 0.1) is 6.61 Å². The Kier molecular flexibility index (Phi) is 6.47. The predicted molar refractivity (Wildman–Crippen MR) is 67.7 cm³/mol. The van der Waals surface area contributed by atoms with Gasteiger partial charge in [-0.3, -0.25) is 4.79 Å². The smallest absolute Gasteiger partial charge is 0.239 e. The number of rotatable bonds is 7. The molecule has 1 amide bonds. The minimum atomic E-state index is -0.556. The van der Waals surface area contributed by atoms with Gasteiger partial charge in [-0.2, -0.15) is 0 Å². The van der Waals surface area contributed by atoms with Crippen LogP contribution >= 0.6 is 0 Å². The van der Waals surface area contributed by atoms with E-state index in [2.05, 4.69) is 17.1 Å². The number of hydrogen-bond acceptors (Lipinski definition) is 4. The van der Waals surface area contributed by atoms with Gasteiger partial charge in [0.2, 0.25) is 5.91 Å². The maximum Gasteiger partial charge on any atom is 0.239 e. The lowest BCUT2D eigenvalue weighted by Gasteiger charge is -2.21. The molecule has 5 nitrogen and oxygen atoms in total. The Bertz CT molecular complexity index is 230. The first-order valence-corrected chi connectivity index (χ1v) is 6.38. The summed E-state index contributed by atoms with van der Waals surface area (Å²) in [7, 11) is 1.54. The van der Waals surface area contributed by atoms with E-state index >= 15 is 0 Å². The molecule has 1 heterocycles. The highest BCUT2D eigenvalue weighted by Crippen LogP contribution is 2.09. The number of hydrogen-bond donors (Lipinski definition) is 2. The van der Waals surface area contributed by atoms with Crippen LogP contribution in [0.25, 0.3) is 0 Å². The van der Waals surface area contributed by atoms with Crippen molar-refractivity contribution in [1.29, 1.82) is 0 Å². The molecule has 5 heteroatoms. The van der Waals surface area contributed by atoms with Crippen molar-refractivity contribution in [1.82, 2.24) is 10.2 Å². The molecule has 0 aliphatic carbocycles. The summed E-state index contributed by atoms with van der Waals surface area (Å²) in [5, 5.41) is 2.87. The number of carbonyl (C=O) groups excluding carboxylic acids is 1. The molecule has 3 N–H and O–H groups in total. The largest absolute Gasteiger partial charge is 0.383 e. The molecule has 0 saturated carbocycles. The summed E-state index contributed by atoms with van der Waals surface area (Å²) in [6.07, 6.45) is 2.61. The minimum Gasteiger partial charge on any atom is -0.383 e. The summed E-state index contributed by atoms with van der Waals surface area (Å²) in [4.78, 5) is 14.0. The molecule has 0 aromatic rings. The standard InChI is InChI=1S/C12H25N3O2/c1-10(8-15-5-3-4-6-15)7-14-12(16)11(13)9-17-2/h10-11H,3-9,13H2,1-2H3,(H,14,16). The van der Waals surface area contributed by atoms with E-state index in [9.17, 15) is 4.79 Å². The quantitative estimate of drug-likeness (QED) is 0.650. The van der Waals surface area contributed by atoms with Crippen LogP contribution in [0, 0.1) is 5.92 Å². The molecule has 1 saturated heterocycles. The normalized spacial score (nSPS) is 20.2. The molecule has 17 heavy (non-hydrogen) atoms. The van der Waals surface area contributed by atoms with Gasteiger partial charge in [-0.05, 0) is 31.8 Å². The van der Waals surface area contributed by atoms with E-state index < -0.39 is 6.04 Å². The summed E-state index contributed by atoms with van der Waals surface area (Å²) in [6, 6.07) is -0.556. The third kappa shape index (κ3) is 5.48. The van der Waals surface area contributed by atoms with Crippen molar-refractivity contribution in [3.8, 4) is 0 Å². The Balaban J connectivity index is 2.13. The lowest BCUT2D eigenvalue weighted by atomic mass is 10.1. The van der Waals surface area contributed by atoms with Gasteiger partial charge in [0, 0.05) is 20.2 Å². The number of ether oxygens (including phenoxy) is 1.